The molecule has 0 fully saturated rings. The van der Waals surface area contributed by atoms with Crippen molar-refractivity contribution in [2.45, 2.75) is 39.7 Å². The molecule has 192 valence electrons. The first kappa shape index (κ1) is 25.7. The Labute approximate surface area is 228 Å². The van der Waals surface area contributed by atoms with Gasteiger partial charge in [-0.3, -0.25) is 0 Å². The van der Waals surface area contributed by atoms with E-state index in [-0.39, 0.29) is 11.5 Å². The molecule has 1 unspecified atom stereocenters. The molecule has 0 saturated heterocycles. The minimum Gasteiger partial charge on any atom is -0.478 e. The van der Waals surface area contributed by atoms with E-state index in [0.717, 1.165) is 39.4 Å². The zero-order chi connectivity index (χ0) is 26.8. The van der Waals surface area contributed by atoms with Crippen LogP contribution in [0.3, 0.4) is 0 Å². The number of nitrogens with zero attached hydrogens (tertiary/aromatic N) is 2. The summed E-state index contributed by atoms with van der Waals surface area (Å²) in [6, 6.07) is 29.8. The zero-order valence-electron chi connectivity index (χ0n) is 21.9. The van der Waals surface area contributed by atoms with Gasteiger partial charge < -0.3 is 9.67 Å². The van der Waals surface area contributed by atoms with Gasteiger partial charge in [-0.25, -0.2) is 9.78 Å². The van der Waals surface area contributed by atoms with Crippen LogP contribution in [-0.2, 0) is 13.0 Å². The minimum absolute atomic E-state index is 0.0488. The molecule has 1 heterocycles. The van der Waals surface area contributed by atoms with Gasteiger partial charge in [0.25, 0.3) is 0 Å². The smallest absolute Gasteiger partial charge is 0.336 e. The van der Waals surface area contributed by atoms with Gasteiger partial charge in [0.1, 0.15) is 5.82 Å². The Bertz CT molecular complexity index is 1600. The molecule has 5 rings (SSSR count). The number of halogens is 1. The third-order valence-corrected chi connectivity index (χ3v) is 7.41. The summed E-state index contributed by atoms with van der Waals surface area (Å²) >= 11 is 6.56. The lowest BCUT2D eigenvalue weighted by molar-refractivity contribution is 0.0697. The van der Waals surface area contributed by atoms with E-state index in [4.69, 9.17) is 16.6 Å². The van der Waals surface area contributed by atoms with Gasteiger partial charge in [-0.1, -0.05) is 99.1 Å². The van der Waals surface area contributed by atoms with Crippen LogP contribution in [0.25, 0.3) is 22.2 Å². The molecular weight excluding hydrogens is 492 g/mol. The standard InChI is InChI=1S/C33H31ClN2O2/c1-21(2)18-23-12-14-24(15-13-23)22(3)32-35-30-19-25(27-9-5-6-10-28(27)33(37)38)16-17-31(30)36(32)20-26-8-4-7-11-29(26)34/h4-17,19,21-22H,18,20H2,1-3H3,(H,37,38). The molecule has 0 amide bonds. The summed E-state index contributed by atoms with van der Waals surface area (Å²) in [4.78, 5) is 17.0. The first-order valence-corrected chi connectivity index (χ1v) is 13.3. The molecule has 0 aliphatic carbocycles. The van der Waals surface area contributed by atoms with Crippen LogP contribution < -0.4 is 0 Å². The molecule has 1 N–H and O–H groups in total. The second-order valence-corrected chi connectivity index (χ2v) is 10.7. The maximum Gasteiger partial charge on any atom is 0.336 e. The van der Waals surface area contributed by atoms with Gasteiger partial charge in [0.15, 0.2) is 0 Å². The molecule has 0 spiro atoms. The highest BCUT2D eigenvalue weighted by atomic mass is 35.5. The number of aromatic nitrogens is 2. The van der Waals surface area contributed by atoms with E-state index in [9.17, 15) is 9.90 Å². The van der Waals surface area contributed by atoms with Crippen molar-refractivity contribution >= 4 is 28.6 Å². The highest BCUT2D eigenvalue weighted by Gasteiger charge is 2.20. The summed E-state index contributed by atoms with van der Waals surface area (Å²) in [5.41, 5.74) is 7.15. The van der Waals surface area contributed by atoms with E-state index < -0.39 is 5.97 Å². The number of imidazole rings is 1. The number of rotatable bonds is 8. The second kappa shape index (κ2) is 10.8. The summed E-state index contributed by atoms with van der Waals surface area (Å²) in [6.45, 7) is 7.24. The lowest BCUT2D eigenvalue weighted by atomic mass is 9.96. The second-order valence-electron chi connectivity index (χ2n) is 10.3. The van der Waals surface area contributed by atoms with Crippen LogP contribution in [0.1, 0.15) is 59.6 Å². The van der Waals surface area contributed by atoms with Crippen LogP contribution in [-0.4, -0.2) is 20.6 Å². The molecule has 0 radical (unpaired) electrons. The number of carbonyl (C=O) groups is 1. The average molecular weight is 523 g/mol. The third-order valence-electron chi connectivity index (χ3n) is 7.04. The van der Waals surface area contributed by atoms with Gasteiger partial charge in [-0.05, 0) is 64.4 Å². The Hall–Kier alpha value is -3.89. The van der Waals surface area contributed by atoms with Crippen molar-refractivity contribution in [3.63, 3.8) is 0 Å². The number of aromatic carboxylic acids is 1. The number of carboxylic acid groups (broad SMARTS) is 1. The van der Waals surface area contributed by atoms with Crippen molar-refractivity contribution in [3.05, 3.63) is 124 Å². The van der Waals surface area contributed by atoms with Gasteiger partial charge in [0, 0.05) is 10.9 Å². The van der Waals surface area contributed by atoms with E-state index in [1.54, 1.807) is 12.1 Å². The van der Waals surface area contributed by atoms with E-state index in [0.29, 0.717) is 18.0 Å². The Morgan fingerprint density at radius 2 is 1.63 bits per heavy atom. The van der Waals surface area contributed by atoms with Crippen molar-refractivity contribution in [1.29, 1.82) is 0 Å². The molecule has 0 aliphatic rings. The van der Waals surface area contributed by atoms with Crippen LogP contribution >= 0.6 is 11.6 Å². The minimum atomic E-state index is -0.944. The van der Waals surface area contributed by atoms with Crippen LogP contribution in [0.15, 0.2) is 91.0 Å². The van der Waals surface area contributed by atoms with E-state index in [2.05, 4.69) is 49.6 Å². The van der Waals surface area contributed by atoms with E-state index in [1.807, 2.05) is 54.6 Å². The fourth-order valence-electron chi connectivity index (χ4n) is 5.09. The van der Waals surface area contributed by atoms with Crippen LogP contribution in [0.4, 0.5) is 0 Å². The number of hydrogen-bond donors (Lipinski definition) is 1. The highest BCUT2D eigenvalue weighted by Crippen LogP contribution is 2.33. The van der Waals surface area contributed by atoms with Crippen LogP contribution in [0, 0.1) is 5.92 Å². The van der Waals surface area contributed by atoms with Crippen molar-refractivity contribution in [2.75, 3.05) is 0 Å². The molecule has 5 aromatic rings. The number of hydrogen-bond acceptors (Lipinski definition) is 2. The Balaban J connectivity index is 1.62. The monoisotopic (exact) mass is 522 g/mol. The van der Waals surface area contributed by atoms with E-state index >= 15 is 0 Å². The molecule has 0 saturated carbocycles. The summed E-state index contributed by atoms with van der Waals surface area (Å²) in [5.74, 6) is 0.659. The molecule has 0 bridgehead atoms. The lowest BCUT2D eigenvalue weighted by Crippen LogP contribution is -2.10. The summed E-state index contributed by atoms with van der Waals surface area (Å²) in [6.07, 6.45) is 1.06. The van der Waals surface area contributed by atoms with Crippen molar-refractivity contribution in [3.8, 4) is 11.1 Å². The maximum absolute atomic E-state index is 11.8. The predicted octanol–water partition coefficient (Wildman–Crippen LogP) is 8.45. The summed E-state index contributed by atoms with van der Waals surface area (Å²) in [7, 11) is 0. The predicted molar refractivity (Wildman–Crippen MR) is 155 cm³/mol. The number of fused-ring (bicyclic) bond motifs is 1. The van der Waals surface area contributed by atoms with Crippen molar-refractivity contribution < 1.29 is 9.90 Å². The average Bonchev–Trinajstić information content (AvgIpc) is 3.27. The topological polar surface area (TPSA) is 55.1 Å². The Morgan fingerprint density at radius 1 is 0.921 bits per heavy atom. The lowest BCUT2D eigenvalue weighted by Gasteiger charge is -2.17. The Morgan fingerprint density at radius 3 is 2.34 bits per heavy atom. The van der Waals surface area contributed by atoms with Crippen LogP contribution in [0.2, 0.25) is 5.02 Å². The van der Waals surface area contributed by atoms with Gasteiger partial charge in [0.2, 0.25) is 0 Å². The Kier molecular flexibility index (Phi) is 7.35. The van der Waals surface area contributed by atoms with Crippen molar-refractivity contribution in [1.82, 2.24) is 9.55 Å². The normalized spacial score (nSPS) is 12.2. The molecule has 1 atom stereocenters. The molecular formula is C33H31ClN2O2. The van der Waals surface area contributed by atoms with Gasteiger partial charge >= 0.3 is 5.97 Å². The number of benzene rings is 4. The SMILES string of the molecule is CC(C)Cc1ccc(C(C)c2nc3cc(-c4ccccc4C(=O)O)ccc3n2Cc2ccccc2Cl)cc1. The summed E-state index contributed by atoms with van der Waals surface area (Å²) in [5, 5.41) is 10.4. The first-order valence-electron chi connectivity index (χ1n) is 13.0. The quantitative estimate of drug-likeness (QED) is 0.222. The first-order chi connectivity index (χ1) is 18.3. The number of carboxylic acids is 1. The van der Waals surface area contributed by atoms with Gasteiger partial charge in [0.05, 0.1) is 23.1 Å². The molecule has 0 aliphatic heterocycles. The highest BCUT2D eigenvalue weighted by molar-refractivity contribution is 6.31. The zero-order valence-corrected chi connectivity index (χ0v) is 22.6. The molecule has 1 aromatic heterocycles. The third kappa shape index (κ3) is 5.23. The summed E-state index contributed by atoms with van der Waals surface area (Å²) < 4.78 is 2.23. The van der Waals surface area contributed by atoms with Crippen molar-refractivity contribution in [2.24, 2.45) is 5.92 Å². The van der Waals surface area contributed by atoms with E-state index in [1.165, 1.54) is 11.1 Å². The maximum atomic E-state index is 11.8. The molecule has 4 nitrogen and oxygen atoms in total. The fraction of sp³-hybridized carbons (Fsp3) is 0.212. The molecule has 38 heavy (non-hydrogen) atoms. The molecule has 5 heteroatoms. The fourth-order valence-corrected chi connectivity index (χ4v) is 5.29. The van der Waals surface area contributed by atoms with Gasteiger partial charge in [-0.2, -0.15) is 0 Å². The van der Waals surface area contributed by atoms with Crippen LogP contribution in [0.5, 0.6) is 0 Å². The van der Waals surface area contributed by atoms with Gasteiger partial charge in [-0.15, -0.1) is 0 Å². The molecule has 4 aromatic carbocycles. The largest absolute Gasteiger partial charge is 0.478 e.